The van der Waals surface area contributed by atoms with Crippen molar-refractivity contribution in [2.24, 2.45) is 0 Å². The van der Waals surface area contributed by atoms with Gasteiger partial charge in [-0.05, 0) is 13.8 Å². The van der Waals surface area contributed by atoms with E-state index in [1.54, 1.807) is 0 Å². The number of nitriles is 1. The lowest BCUT2D eigenvalue weighted by atomic mass is 10.4. The molecule has 0 amide bonds. The van der Waals surface area contributed by atoms with E-state index in [0.717, 1.165) is 15.6 Å². The Labute approximate surface area is 90.2 Å². The average molecular weight is 220 g/mol. The van der Waals surface area contributed by atoms with Gasteiger partial charge >= 0.3 is 0 Å². The number of aromatic nitrogens is 2. The summed E-state index contributed by atoms with van der Waals surface area (Å²) >= 11 is 1.47. The lowest BCUT2D eigenvalue weighted by molar-refractivity contribution is 0.594. The van der Waals surface area contributed by atoms with Crippen LogP contribution in [-0.2, 0) is 0 Å². The summed E-state index contributed by atoms with van der Waals surface area (Å²) < 4.78 is 5.20. The third-order valence-electron chi connectivity index (χ3n) is 1.86. The molecule has 15 heavy (non-hydrogen) atoms. The molecule has 2 aromatic heterocycles. The normalized spacial score (nSPS) is 10.2. The maximum Gasteiger partial charge on any atom is 0.242 e. The van der Waals surface area contributed by atoms with Crippen LogP contribution in [0.4, 0.5) is 5.88 Å². The van der Waals surface area contributed by atoms with Gasteiger partial charge in [0.15, 0.2) is 0 Å². The van der Waals surface area contributed by atoms with Crippen molar-refractivity contribution in [2.45, 2.75) is 13.8 Å². The first kappa shape index (κ1) is 9.68. The largest absolute Gasteiger partial charge is 0.418 e. The van der Waals surface area contributed by atoms with Gasteiger partial charge in [-0.1, -0.05) is 0 Å². The van der Waals surface area contributed by atoms with Gasteiger partial charge in [0.05, 0.1) is 10.7 Å². The summed E-state index contributed by atoms with van der Waals surface area (Å²) in [6, 6.07) is 1.87. The van der Waals surface area contributed by atoms with Crippen LogP contribution in [-0.4, -0.2) is 9.97 Å². The van der Waals surface area contributed by atoms with E-state index in [9.17, 15) is 0 Å². The topological polar surface area (TPSA) is 88.7 Å². The number of rotatable bonds is 1. The molecule has 2 aromatic rings. The van der Waals surface area contributed by atoms with Crippen molar-refractivity contribution in [1.82, 2.24) is 9.97 Å². The summed E-state index contributed by atoms with van der Waals surface area (Å²) in [5.74, 6) is 0.421. The minimum absolute atomic E-state index is 0.0537. The van der Waals surface area contributed by atoms with E-state index >= 15 is 0 Å². The minimum atomic E-state index is 0.0537. The smallest absolute Gasteiger partial charge is 0.242 e. The molecule has 0 aliphatic rings. The zero-order valence-electron chi connectivity index (χ0n) is 8.24. The maximum atomic E-state index is 8.69. The molecule has 0 saturated heterocycles. The van der Waals surface area contributed by atoms with E-state index in [-0.39, 0.29) is 11.6 Å². The summed E-state index contributed by atoms with van der Waals surface area (Å²) in [5, 5.41) is 9.62. The Kier molecular flexibility index (Phi) is 2.17. The number of anilines is 1. The first-order valence-electron chi connectivity index (χ1n) is 4.22. The van der Waals surface area contributed by atoms with Gasteiger partial charge in [-0.25, -0.2) is 4.98 Å². The number of nitrogens with two attached hydrogens (primary N) is 1. The fourth-order valence-corrected chi connectivity index (χ4v) is 2.08. The van der Waals surface area contributed by atoms with Crippen molar-refractivity contribution in [1.29, 1.82) is 5.26 Å². The molecule has 0 aliphatic heterocycles. The van der Waals surface area contributed by atoms with Gasteiger partial charge in [0.1, 0.15) is 10.9 Å². The molecule has 2 heterocycles. The second-order valence-corrected chi connectivity index (χ2v) is 4.19. The highest BCUT2D eigenvalue weighted by atomic mass is 32.1. The average Bonchev–Trinajstić information content (AvgIpc) is 2.69. The first-order valence-corrected chi connectivity index (χ1v) is 5.04. The van der Waals surface area contributed by atoms with E-state index in [0.29, 0.717) is 5.89 Å². The maximum absolute atomic E-state index is 8.69. The van der Waals surface area contributed by atoms with Crippen molar-refractivity contribution in [3.8, 4) is 16.8 Å². The molecule has 0 radical (unpaired) electrons. The monoisotopic (exact) mass is 220 g/mol. The summed E-state index contributed by atoms with van der Waals surface area (Å²) in [4.78, 5) is 9.06. The molecule has 0 unspecified atom stereocenters. The molecule has 0 aliphatic carbocycles. The summed E-state index contributed by atoms with van der Waals surface area (Å²) in [6.45, 7) is 3.77. The third-order valence-corrected chi connectivity index (χ3v) is 2.92. The second kappa shape index (κ2) is 3.37. The molecule has 76 valence electrons. The fraction of sp³-hybridized carbons (Fsp3) is 0.222. The standard InChI is InChI=1S/C9H8N4OS/c1-4-7(15-5(2)12-4)9-13-6(3-10)8(11)14-9/h11H2,1-2H3. The van der Waals surface area contributed by atoms with E-state index in [1.807, 2.05) is 19.9 Å². The first-order chi connectivity index (χ1) is 7.11. The van der Waals surface area contributed by atoms with Gasteiger partial charge in [-0.15, -0.1) is 11.3 Å². The van der Waals surface area contributed by atoms with E-state index in [2.05, 4.69) is 9.97 Å². The molecule has 2 rings (SSSR count). The number of oxazole rings is 1. The summed E-state index contributed by atoms with van der Waals surface area (Å²) in [6.07, 6.45) is 0. The predicted molar refractivity (Wildman–Crippen MR) is 56.2 cm³/mol. The van der Waals surface area contributed by atoms with Crippen LogP contribution in [0.15, 0.2) is 4.42 Å². The third kappa shape index (κ3) is 1.57. The highest BCUT2D eigenvalue weighted by Crippen LogP contribution is 2.30. The number of hydrogen-bond acceptors (Lipinski definition) is 6. The highest BCUT2D eigenvalue weighted by molar-refractivity contribution is 7.15. The van der Waals surface area contributed by atoms with Crippen LogP contribution >= 0.6 is 11.3 Å². The van der Waals surface area contributed by atoms with Crippen LogP contribution in [0.2, 0.25) is 0 Å². The predicted octanol–water partition coefficient (Wildman–Crippen LogP) is 1.87. The molecule has 0 atom stereocenters. The van der Waals surface area contributed by atoms with Crippen molar-refractivity contribution in [3.05, 3.63) is 16.4 Å². The minimum Gasteiger partial charge on any atom is -0.418 e. The molecular weight excluding hydrogens is 212 g/mol. The van der Waals surface area contributed by atoms with Gasteiger partial charge in [-0.3, -0.25) is 0 Å². The molecule has 0 saturated carbocycles. The van der Waals surface area contributed by atoms with Crippen LogP contribution in [0.3, 0.4) is 0 Å². The van der Waals surface area contributed by atoms with Crippen LogP contribution in [0.1, 0.15) is 16.4 Å². The molecule has 0 aromatic carbocycles. The van der Waals surface area contributed by atoms with Crippen molar-refractivity contribution >= 4 is 17.2 Å². The van der Waals surface area contributed by atoms with Crippen molar-refractivity contribution in [3.63, 3.8) is 0 Å². The van der Waals surface area contributed by atoms with Crippen LogP contribution in [0.5, 0.6) is 0 Å². The SMILES string of the molecule is Cc1nc(C)c(-c2nc(C#N)c(N)o2)s1. The van der Waals surface area contributed by atoms with E-state index in [1.165, 1.54) is 11.3 Å². The van der Waals surface area contributed by atoms with Crippen LogP contribution < -0.4 is 5.73 Å². The lowest BCUT2D eigenvalue weighted by Gasteiger charge is -1.88. The number of thiazole rings is 1. The Hall–Kier alpha value is -1.87. The van der Waals surface area contributed by atoms with E-state index in [4.69, 9.17) is 15.4 Å². The number of aryl methyl sites for hydroxylation is 2. The van der Waals surface area contributed by atoms with Crippen LogP contribution in [0.25, 0.3) is 10.8 Å². The van der Waals surface area contributed by atoms with Gasteiger partial charge in [-0.2, -0.15) is 10.2 Å². The van der Waals surface area contributed by atoms with Gasteiger partial charge in [0.25, 0.3) is 0 Å². The highest BCUT2D eigenvalue weighted by Gasteiger charge is 2.16. The zero-order chi connectivity index (χ0) is 11.0. The fourth-order valence-electron chi connectivity index (χ4n) is 1.24. The second-order valence-electron chi connectivity index (χ2n) is 2.99. The van der Waals surface area contributed by atoms with Gasteiger partial charge in [0, 0.05) is 0 Å². The Morgan fingerprint density at radius 3 is 2.60 bits per heavy atom. The molecule has 2 N–H and O–H groups in total. The summed E-state index contributed by atoms with van der Waals surface area (Å²) in [7, 11) is 0. The van der Waals surface area contributed by atoms with Gasteiger partial charge in [0.2, 0.25) is 17.5 Å². The number of nitrogens with zero attached hydrogens (tertiary/aromatic N) is 3. The Morgan fingerprint density at radius 2 is 2.13 bits per heavy atom. The Morgan fingerprint density at radius 1 is 1.40 bits per heavy atom. The van der Waals surface area contributed by atoms with Crippen molar-refractivity contribution < 1.29 is 4.42 Å². The quantitative estimate of drug-likeness (QED) is 0.792. The molecular formula is C9H8N4OS. The molecule has 0 fully saturated rings. The zero-order valence-corrected chi connectivity index (χ0v) is 9.05. The van der Waals surface area contributed by atoms with Crippen LogP contribution in [0, 0.1) is 25.2 Å². The number of hydrogen-bond donors (Lipinski definition) is 1. The molecule has 0 bridgehead atoms. The molecule has 6 heteroatoms. The lowest BCUT2D eigenvalue weighted by Crippen LogP contribution is -1.84. The van der Waals surface area contributed by atoms with E-state index < -0.39 is 0 Å². The molecule has 5 nitrogen and oxygen atoms in total. The van der Waals surface area contributed by atoms with Crippen molar-refractivity contribution in [2.75, 3.05) is 5.73 Å². The Balaban J connectivity index is 2.55. The summed E-state index contributed by atoms with van der Waals surface area (Å²) in [5.41, 5.74) is 6.44. The van der Waals surface area contributed by atoms with Gasteiger partial charge < -0.3 is 10.2 Å². The number of nitrogen functional groups attached to an aromatic ring is 1. The molecule has 0 spiro atoms. The Bertz CT molecular complexity index is 549.